The second-order valence-corrected chi connectivity index (χ2v) is 9.33. The van der Waals surface area contributed by atoms with Gasteiger partial charge in [0.15, 0.2) is 0 Å². The van der Waals surface area contributed by atoms with Gasteiger partial charge in [0.05, 0.1) is 34.8 Å². The molecule has 1 saturated carbocycles. The number of fused-ring (bicyclic) bond motifs is 1. The molecule has 2 amide bonds. The fourth-order valence-corrected chi connectivity index (χ4v) is 4.81. The largest absolute Gasteiger partial charge is 0.438 e. The molecule has 10 heteroatoms. The first-order valence-electron chi connectivity index (χ1n) is 11.8. The minimum Gasteiger partial charge on any atom is -0.438 e. The van der Waals surface area contributed by atoms with E-state index >= 15 is 0 Å². The molecule has 6 rings (SSSR count). The molecule has 36 heavy (non-hydrogen) atoms. The highest BCUT2D eigenvalue weighted by molar-refractivity contribution is 6.01. The number of H-pyrrole nitrogens is 1. The highest BCUT2D eigenvalue weighted by Crippen LogP contribution is 2.45. The smallest absolute Gasteiger partial charge is 0.322 e. The standard InChI is InChI=1S/C26H24F2N6O2/c1-16-12-30-23(14-29-16)36-19-4-2-18(3-5-19)33-8-9-34(26(15-33)6-7-26)25(35)32-22-13-31-24-20(22)10-17(27)11-21(24)28/h2-5,10-14,31H,6-9,15H2,1H3,(H,32,35). The van der Waals surface area contributed by atoms with Gasteiger partial charge in [0.25, 0.3) is 0 Å². The molecule has 0 radical (unpaired) electrons. The lowest BCUT2D eigenvalue weighted by Crippen LogP contribution is -2.58. The van der Waals surface area contributed by atoms with Gasteiger partial charge in [-0.25, -0.2) is 18.6 Å². The van der Waals surface area contributed by atoms with Gasteiger partial charge in [0.2, 0.25) is 5.88 Å². The van der Waals surface area contributed by atoms with Crippen molar-refractivity contribution in [2.45, 2.75) is 25.3 Å². The lowest BCUT2D eigenvalue weighted by molar-refractivity contribution is 0.169. The first-order valence-corrected chi connectivity index (χ1v) is 11.8. The SMILES string of the molecule is Cc1cnc(Oc2ccc(N3CCN(C(=O)Nc4c[nH]c5c(F)cc(F)cc45)C4(CC4)C3)cc2)cn1. The predicted molar refractivity (Wildman–Crippen MR) is 131 cm³/mol. The van der Waals surface area contributed by atoms with E-state index in [1.165, 1.54) is 12.3 Å². The van der Waals surface area contributed by atoms with Gasteiger partial charge in [-0.2, -0.15) is 0 Å². The molecule has 1 spiro atoms. The van der Waals surface area contributed by atoms with E-state index in [4.69, 9.17) is 4.74 Å². The van der Waals surface area contributed by atoms with Crippen LogP contribution in [-0.4, -0.2) is 51.1 Å². The minimum atomic E-state index is -0.694. The molecule has 8 nitrogen and oxygen atoms in total. The monoisotopic (exact) mass is 490 g/mol. The molecule has 2 aromatic heterocycles. The highest BCUT2D eigenvalue weighted by atomic mass is 19.1. The normalized spacial score (nSPS) is 16.4. The van der Waals surface area contributed by atoms with Gasteiger partial charge in [-0.15, -0.1) is 0 Å². The molecule has 2 aromatic carbocycles. The second-order valence-electron chi connectivity index (χ2n) is 9.33. The average molecular weight is 491 g/mol. The maximum atomic E-state index is 14.0. The molecule has 1 aliphatic carbocycles. The van der Waals surface area contributed by atoms with Crippen molar-refractivity contribution in [3.8, 4) is 11.6 Å². The van der Waals surface area contributed by atoms with E-state index in [1.807, 2.05) is 36.1 Å². The second kappa shape index (κ2) is 8.47. The number of aromatic nitrogens is 3. The van der Waals surface area contributed by atoms with E-state index in [-0.39, 0.29) is 17.1 Å². The van der Waals surface area contributed by atoms with E-state index in [1.54, 1.807) is 12.4 Å². The number of amides is 2. The van der Waals surface area contributed by atoms with Crippen molar-refractivity contribution in [2.75, 3.05) is 29.9 Å². The Hall–Kier alpha value is -4.21. The molecule has 184 valence electrons. The number of nitrogens with one attached hydrogen (secondary N) is 2. The topological polar surface area (TPSA) is 86.4 Å². The summed E-state index contributed by atoms with van der Waals surface area (Å²) < 4.78 is 33.5. The molecule has 1 saturated heterocycles. The van der Waals surface area contributed by atoms with Gasteiger partial charge in [0, 0.05) is 43.0 Å². The fourth-order valence-electron chi connectivity index (χ4n) is 4.81. The van der Waals surface area contributed by atoms with Gasteiger partial charge in [-0.05, 0) is 50.1 Å². The molecule has 1 aliphatic heterocycles. The summed E-state index contributed by atoms with van der Waals surface area (Å²) in [5.74, 6) is -0.278. The molecule has 0 atom stereocenters. The first-order chi connectivity index (χ1) is 17.4. The zero-order valence-corrected chi connectivity index (χ0v) is 19.6. The van der Waals surface area contributed by atoms with Crippen molar-refractivity contribution in [3.05, 3.63) is 72.3 Å². The van der Waals surface area contributed by atoms with Gasteiger partial charge >= 0.3 is 6.03 Å². The maximum Gasteiger partial charge on any atom is 0.322 e. The Bertz CT molecular complexity index is 1430. The Balaban J connectivity index is 1.13. The van der Waals surface area contributed by atoms with Crippen LogP contribution in [0.25, 0.3) is 10.9 Å². The molecule has 0 bridgehead atoms. The van der Waals surface area contributed by atoms with E-state index in [0.29, 0.717) is 42.3 Å². The Morgan fingerprint density at radius 3 is 2.64 bits per heavy atom. The summed E-state index contributed by atoms with van der Waals surface area (Å²) in [5, 5.41) is 3.16. The van der Waals surface area contributed by atoms with Crippen LogP contribution in [0.4, 0.5) is 25.0 Å². The maximum absolute atomic E-state index is 14.0. The summed E-state index contributed by atoms with van der Waals surface area (Å²) in [5.41, 5.74) is 2.15. The number of hydrogen-bond donors (Lipinski definition) is 2. The van der Waals surface area contributed by atoms with E-state index < -0.39 is 11.6 Å². The molecule has 2 fully saturated rings. The molecule has 0 unspecified atom stereocenters. The van der Waals surface area contributed by atoms with Crippen LogP contribution in [-0.2, 0) is 0 Å². The molecular formula is C26H24F2N6O2. The summed E-state index contributed by atoms with van der Waals surface area (Å²) in [6, 6.07) is 9.55. The number of ether oxygens (including phenoxy) is 1. The van der Waals surface area contributed by atoms with Crippen LogP contribution in [0.5, 0.6) is 11.6 Å². The first kappa shape index (κ1) is 22.3. The third-order valence-corrected chi connectivity index (χ3v) is 6.85. The average Bonchev–Trinajstić information content (AvgIpc) is 3.51. The highest BCUT2D eigenvalue weighted by Gasteiger charge is 2.53. The van der Waals surface area contributed by atoms with Crippen LogP contribution in [0.1, 0.15) is 18.5 Å². The third-order valence-electron chi connectivity index (χ3n) is 6.85. The molecule has 4 aromatic rings. The van der Waals surface area contributed by atoms with Crippen LogP contribution in [0.15, 0.2) is 55.0 Å². The predicted octanol–water partition coefficient (Wildman–Crippen LogP) is 5.22. The number of hydrogen-bond acceptors (Lipinski definition) is 5. The fraction of sp³-hybridized carbons (Fsp3) is 0.269. The van der Waals surface area contributed by atoms with E-state index in [0.717, 1.165) is 30.3 Å². The molecular weight excluding hydrogens is 466 g/mol. The number of nitrogens with zero attached hydrogens (tertiary/aromatic N) is 4. The Morgan fingerprint density at radius 2 is 1.92 bits per heavy atom. The lowest BCUT2D eigenvalue weighted by atomic mass is 10.1. The summed E-state index contributed by atoms with van der Waals surface area (Å²) >= 11 is 0. The Kier molecular flexibility index (Phi) is 5.24. The van der Waals surface area contributed by atoms with Gasteiger partial charge < -0.3 is 24.8 Å². The number of carbonyl (C=O) groups excluding carboxylic acids is 1. The number of benzene rings is 2. The van der Waals surface area contributed by atoms with Crippen LogP contribution < -0.4 is 15.0 Å². The molecule has 3 heterocycles. The number of piperazine rings is 1. The molecule has 2 aliphatic rings. The van der Waals surface area contributed by atoms with Crippen LogP contribution in [0.2, 0.25) is 0 Å². The van der Waals surface area contributed by atoms with Crippen molar-refractivity contribution in [1.82, 2.24) is 19.9 Å². The van der Waals surface area contributed by atoms with Gasteiger partial charge in [-0.3, -0.25) is 4.98 Å². The molecule has 2 N–H and O–H groups in total. The quantitative estimate of drug-likeness (QED) is 0.410. The van der Waals surface area contributed by atoms with E-state index in [2.05, 4.69) is 25.2 Å². The summed E-state index contributed by atoms with van der Waals surface area (Å²) in [6.07, 6.45) is 6.55. The van der Waals surface area contributed by atoms with Crippen LogP contribution in [0.3, 0.4) is 0 Å². The number of carbonyl (C=O) groups is 1. The number of halogens is 2. The van der Waals surface area contributed by atoms with Crippen LogP contribution >= 0.6 is 0 Å². The number of rotatable bonds is 4. The summed E-state index contributed by atoms with van der Waals surface area (Å²) in [4.78, 5) is 28.5. The van der Waals surface area contributed by atoms with Crippen molar-refractivity contribution in [3.63, 3.8) is 0 Å². The Morgan fingerprint density at radius 1 is 1.11 bits per heavy atom. The summed E-state index contributed by atoms with van der Waals surface area (Å²) in [6.45, 7) is 3.78. The van der Waals surface area contributed by atoms with Crippen molar-refractivity contribution < 1.29 is 18.3 Å². The Labute approximate surface area is 205 Å². The summed E-state index contributed by atoms with van der Waals surface area (Å²) in [7, 11) is 0. The van der Waals surface area contributed by atoms with E-state index in [9.17, 15) is 13.6 Å². The van der Waals surface area contributed by atoms with Gasteiger partial charge in [-0.1, -0.05) is 0 Å². The van der Waals surface area contributed by atoms with Gasteiger partial charge in [0.1, 0.15) is 17.4 Å². The van der Waals surface area contributed by atoms with Crippen molar-refractivity contribution in [2.24, 2.45) is 0 Å². The number of anilines is 2. The lowest BCUT2D eigenvalue weighted by Gasteiger charge is -2.43. The number of urea groups is 1. The van der Waals surface area contributed by atoms with Crippen LogP contribution in [0, 0.1) is 18.6 Å². The van der Waals surface area contributed by atoms with Crippen molar-refractivity contribution >= 4 is 28.3 Å². The minimum absolute atomic E-state index is 0.166. The number of aromatic amines is 1. The number of aryl methyl sites for hydroxylation is 1. The zero-order valence-electron chi connectivity index (χ0n) is 19.6. The zero-order chi connectivity index (χ0) is 24.9. The van der Waals surface area contributed by atoms with Crippen molar-refractivity contribution in [1.29, 1.82) is 0 Å². The third kappa shape index (κ3) is 4.08.